The fraction of sp³-hybridized carbons (Fsp3) is 0.160. The SMILES string of the molecule is CCc1ccc(NC(=O)Cn2c(=O)n(Cc3ccc(F)cc3)c(=O)c3ccccc32)cc1. The van der Waals surface area contributed by atoms with E-state index in [4.69, 9.17) is 0 Å². The number of carbonyl (C=O) groups excluding carboxylic acids is 1. The molecular formula is C25H22FN3O3. The summed E-state index contributed by atoms with van der Waals surface area (Å²) in [7, 11) is 0. The molecule has 0 saturated carbocycles. The Balaban J connectivity index is 1.71. The molecule has 4 aromatic rings. The zero-order valence-electron chi connectivity index (χ0n) is 17.5. The second kappa shape index (κ2) is 9.01. The van der Waals surface area contributed by atoms with Gasteiger partial charge < -0.3 is 5.32 Å². The molecule has 3 aromatic carbocycles. The van der Waals surface area contributed by atoms with E-state index in [0.29, 0.717) is 22.2 Å². The van der Waals surface area contributed by atoms with E-state index in [9.17, 15) is 18.8 Å². The van der Waals surface area contributed by atoms with Crippen LogP contribution in [0.5, 0.6) is 0 Å². The van der Waals surface area contributed by atoms with Gasteiger partial charge in [-0.3, -0.25) is 18.7 Å². The van der Waals surface area contributed by atoms with E-state index in [0.717, 1.165) is 16.6 Å². The van der Waals surface area contributed by atoms with E-state index in [1.807, 2.05) is 31.2 Å². The Bertz CT molecular complexity index is 1390. The van der Waals surface area contributed by atoms with Crippen LogP contribution in [0.15, 0.2) is 82.4 Å². The van der Waals surface area contributed by atoms with Crippen molar-refractivity contribution in [3.05, 3.63) is 111 Å². The normalized spacial score (nSPS) is 10.9. The summed E-state index contributed by atoms with van der Waals surface area (Å²) < 4.78 is 15.6. The minimum absolute atomic E-state index is 0.0249. The number of benzene rings is 3. The fourth-order valence-corrected chi connectivity index (χ4v) is 3.60. The Morgan fingerprint density at radius 3 is 2.22 bits per heavy atom. The van der Waals surface area contributed by atoms with E-state index in [1.54, 1.807) is 24.3 Å². The number of anilines is 1. The lowest BCUT2D eigenvalue weighted by Crippen LogP contribution is -2.42. The van der Waals surface area contributed by atoms with Gasteiger partial charge in [-0.05, 0) is 53.9 Å². The Labute approximate surface area is 183 Å². The highest BCUT2D eigenvalue weighted by Crippen LogP contribution is 2.12. The third-order valence-corrected chi connectivity index (χ3v) is 5.33. The third-order valence-electron chi connectivity index (χ3n) is 5.33. The van der Waals surface area contributed by atoms with Crippen molar-refractivity contribution < 1.29 is 9.18 Å². The standard InChI is InChI=1S/C25H22FN3O3/c1-2-17-9-13-20(14-10-17)27-23(30)16-28-22-6-4-3-5-21(22)24(31)29(25(28)32)15-18-7-11-19(26)12-8-18/h3-14H,2,15-16H2,1H3,(H,27,30). The van der Waals surface area contributed by atoms with Crippen LogP contribution in [0, 0.1) is 5.82 Å². The van der Waals surface area contributed by atoms with Crippen LogP contribution in [0.2, 0.25) is 0 Å². The first kappa shape index (κ1) is 21.2. The second-order valence-corrected chi connectivity index (χ2v) is 7.50. The van der Waals surface area contributed by atoms with Gasteiger partial charge >= 0.3 is 5.69 Å². The van der Waals surface area contributed by atoms with Crippen molar-refractivity contribution in [2.75, 3.05) is 5.32 Å². The Morgan fingerprint density at radius 2 is 1.53 bits per heavy atom. The molecule has 1 aromatic heterocycles. The van der Waals surface area contributed by atoms with Gasteiger partial charge in [0.1, 0.15) is 12.4 Å². The number of rotatable bonds is 6. The molecule has 162 valence electrons. The number of hydrogen-bond acceptors (Lipinski definition) is 3. The molecule has 0 aliphatic rings. The number of nitrogens with one attached hydrogen (secondary N) is 1. The van der Waals surface area contributed by atoms with Crippen LogP contribution >= 0.6 is 0 Å². The molecule has 0 aliphatic carbocycles. The molecule has 32 heavy (non-hydrogen) atoms. The molecule has 0 saturated heterocycles. The van der Waals surface area contributed by atoms with Crippen LogP contribution < -0.4 is 16.6 Å². The predicted molar refractivity (Wildman–Crippen MR) is 122 cm³/mol. The summed E-state index contributed by atoms with van der Waals surface area (Å²) in [4.78, 5) is 38.9. The summed E-state index contributed by atoms with van der Waals surface area (Å²) in [5.41, 5.74) is 1.71. The summed E-state index contributed by atoms with van der Waals surface area (Å²) in [6.07, 6.45) is 0.894. The van der Waals surface area contributed by atoms with Gasteiger partial charge in [0.25, 0.3) is 5.56 Å². The Hall–Kier alpha value is -4.00. The first-order valence-corrected chi connectivity index (χ1v) is 10.3. The van der Waals surface area contributed by atoms with Gasteiger partial charge in [0, 0.05) is 5.69 Å². The maximum atomic E-state index is 13.2. The highest BCUT2D eigenvalue weighted by Gasteiger charge is 2.16. The van der Waals surface area contributed by atoms with Crippen LogP contribution in [0.3, 0.4) is 0 Å². The lowest BCUT2D eigenvalue weighted by molar-refractivity contribution is -0.116. The molecule has 1 N–H and O–H groups in total. The number of para-hydroxylation sites is 1. The number of aromatic nitrogens is 2. The molecule has 7 heteroatoms. The molecule has 0 fully saturated rings. The van der Waals surface area contributed by atoms with Crippen molar-refractivity contribution >= 4 is 22.5 Å². The number of hydrogen-bond donors (Lipinski definition) is 1. The summed E-state index contributed by atoms with van der Waals surface area (Å²) in [6, 6.07) is 19.8. The minimum atomic E-state index is -0.602. The van der Waals surface area contributed by atoms with Crippen LogP contribution in [-0.4, -0.2) is 15.0 Å². The number of carbonyl (C=O) groups is 1. The van der Waals surface area contributed by atoms with Crippen LogP contribution in [0.25, 0.3) is 10.9 Å². The number of fused-ring (bicyclic) bond motifs is 1. The molecule has 1 heterocycles. The average molecular weight is 431 g/mol. The lowest BCUT2D eigenvalue weighted by atomic mass is 10.1. The molecule has 0 atom stereocenters. The maximum Gasteiger partial charge on any atom is 0.332 e. The number of amides is 1. The summed E-state index contributed by atoms with van der Waals surface area (Å²) in [5, 5.41) is 3.12. The van der Waals surface area contributed by atoms with Gasteiger partial charge in [0.05, 0.1) is 17.4 Å². The average Bonchev–Trinajstić information content (AvgIpc) is 2.81. The van der Waals surface area contributed by atoms with Gasteiger partial charge in [-0.2, -0.15) is 0 Å². The van der Waals surface area contributed by atoms with Gasteiger partial charge in [-0.1, -0.05) is 43.3 Å². The molecule has 0 bridgehead atoms. The molecule has 6 nitrogen and oxygen atoms in total. The topological polar surface area (TPSA) is 73.1 Å². The molecule has 0 unspecified atom stereocenters. The van der Waals surface area contributed by atoms with Crippen molar-refractivity contribution in [3.63, 3.8) is 0 Å². The first-order chi connectivity index (χ1) is 15.5. The largest absolute Gasteiger partial charge is 0.332 e. The first-order valence-electron chi connectivity index (χ1n) is 10.3. The minimum Gasteiger partial charge on any atom is -0.325 e. The quantitative estimate of drug-likeness (QED) is 0.507. The summed E-state index contributed by atoms with van der Waals surface area (Å²) in [5.74, 6) is -0.783. The van der Waals surface area contributed by atoms with E-state index in [1.165, 1.54) is 28.8 Å². The Kier molecular flexibility index (Phi) is 5.98. The van der Waals surface area contributed by atoms with Crippen molar-refractivity contribution in [2.24, 2.45) is 0 Å². The van der Waals surface area contributed by atoms with E-state index in [-0.39, 0.29) is 19.0 Å². The molecule has 0 aliphatic heterocycles. The molecule has 0 spiro atoms. The van der Waals surface area contributed by atoms with Gasteiger partial charge in [-0.15, -0.1) is 0 Å². The third kappa shape index (κ3) is 4.37. The van der Waals surface area contributed by atoms with Gasteiger partial charge in [0.15, 0.2) is 0 Å². The monoisotopic (exact) mass is 431 g/mol. The zero-order chi connectivity index (χ0) is 22.7. The van der Waals surface area contributed by atoms with Gasteiger partial charge in [-0.25, -0.2) is 9.18 Å². The molecule has 4 rings (SSSR count). The summed E-state index contributed by atoms with van der Waals surface area (Å²) >= 11 is 0. The highest BCUT2D eigenvalue weighted by atomic mass is 19.1. The van der Waals surface area contributed by atoms with Crippen molar-refractivity contribution in [2.45, 2.75) is 26.4 Å². The van der Waals surface area contributed by atoms with Crippen LogP contribution in [-0.2, 0) is 24.3 Å². The molecule has 0 radical (unpaired) electrons. The van der Waals surface area contributed by atoms with Crippen LogP contribution in [0.4, 0.5) is 10.1 Å². The lowest BCUT2D eigenvalue weighted by Gasteiger charge is -2.14. The molecular weight excluding hydrogens is 409 g/mol. The smallest absolute Gasteiger partial charge is 0.325 e. The molecule has 1 amide bonds. The Morgan fingerprint density at radius 1 is 0.875 bits per heavy atom. The van der Waals surface area contributed by atoms with Gasteiger partial charge in [0.2, 0.25) is 5.91 Å². The van der Waals surface area contributed by atoms with E-state index in [2.05, 4.69) is 5.32 Å². The predicted octanol–water partition coefficient (Wildman–Crippen LogP) is 3.55. The van der Waals surface area contributed by atoms with E-state index < -0.39 is 17.1 Å². The summed E-state index contributed by atoms with van der Waals surface area (Å²) in [6.45, 7) is 1.77. The van der Waals surface area contributed by atoms with Crippen molar-refractivity contribution in [3.8, 4) is 0 Å². The van der Waals surface area contributed by atoms with Crippen LogP contribution in [0.1, 0.15) is 18.1 Å². The number of nitrogens with zero attached hydrogens (tertiary/aromatic N) is 2. The number of aryl methyl sites for hydroxylation is 1. The number of halogens is 1. The maximum absolute atomic E-state index is 13.2. The fourth-order valence-electron chi connectivity index (χ4n) is 3.60. The zero-order valence-corrected chi connectivity index (χ0v) is 17.5. The second-order valence-electron chi connectivity index (χ2n) is 7.50. The van der Waals surface area contributed by atoms with E-state index >= 15 is 0 Å². The van der Waals surface area contributed by atoms with Crippen molar-refractivity contribution in [1.29, 1.82) is 0 Å². The van der Waals surface area contributed by atoms with Crippen molar-refractivity contribution in [1.82, 2.24) is 9.13 Å². The highest BCUT2D eigenvalue weighted by molar-refractivity contribution is 5.91.